The first-order valence-corrected chi connectivity index (χ1v) is 6.22. The van der Waals surface area contributed by atoms with Gasteiger partial charge in [-0.2, -0.15) is 0 Å². The largest absolute Gasteiger partial charge is 0.390 e. The molecule has 1 N–H and O–H groups in total. The zero-order valence-corrected chi connectivity index (χ0v) is 10.3. The molecule has 0 aromatic rings. The summed E-state index contributed by atoms with van der Waals surface area (Å²) in [6.45, 7) is 4.63. The van der Waals surface area contributed by atoms with Gasteiger partial charge in [0.25, 0.3) is 0 Å². The third kappa shape index (κ3) is 2.21. The molecule has 2 aliphatic carbocycles. The highest BCUT2D eigenvalue weighted by Crippen LogP contribution is 2.48. The standard InChI is InChI=1S/C13H24O2/c1-12(2)6-8-13(15-3,9-7-12)11(14)10-4-5-10/h10-11,14H,4-9H2,1-3H3. The zero-order chi connectivity index (χ0) is 11.1. The molecular weight excluding hydrogens is 188 g/mol. The topological polar surface area (TPSA) is 29.5 Å². The summed E-state index contributed by atoms with van der Waals surface area (Å²) in [5, 5.41) is 10.3. The second-order valence-corrected chi connectivity index (χ2v) is 6.22. The third-order valence-electron chi connectivity index (χ3n) is 4.46. The summed E-state index contributed by atoms with van der Waals surface area (Å²) in [5.41, 5.74) is 0.210. The fraction of sp³-hybridized carbons (Fsp3) is 1.00. The third-order valence-corrected chi connectivity index (χ3v) is 4.46. The van der Waals surface area contributed by atoms with Gasteiger partial charge < -0.3 is 9.84 Å². The Morgan fingerprint density at radius 3 is 2.07 bits per heavy atom. The molecule has 2 aliphatic rings. The van der Waals surface area contributed by atoms with E-state index < -0.39 is 0 Å². The van der Waals surface area contributed by atoms with Crippen LogP contribution in [0.2, 0.25) is 0 Å². The minimum absolute atomic E-state index is 0.224. The van der Waals surface area contributed by atoms with Crippen molar-refractivity contribution in [3.8, 4) is 0 Å². The Morgan fingerprint density at radius 2 is 1.67 bits per heavy atom. The van der Waals surface area contributed by atoms with Crippen LogP contribution in [-0.2, 0) is 4.74 Å². The van der Waals surface area contributed by atoms with Gasteiger partial charge in [-0.3, -0.25) is 0 Å². The van der Waals surface area contributed by atoms with E-state index in [2.05, 4.69) is 13.8 Å². The highest BCUT2D eigenvalue weighted by molar-refractivity contribution is 5.00. The first-order valence-electron chi connectivity index (χ1n) is 6.22. The summed E-state index contributed by atoms with van der Waals surface area (Å²) in [4.78, 5) is 0. The molecule has 1 atom stereocenters. The van der Waals surface area contributed by atoms with Gasteiger partial charge in [0.15, 0.2) is 0 Å². The SMILES string of the molecule is COC1(C(O)C2CC2)CCC(C)(C)CC1. The van der Waals surface area contributed by atoms with Crippen LogP contribution in [0.15, 0.2) is 0 Å². The number of ether oxygens (including phenoxy) is 1. The van der Waals surface area contributed by atoms with Gasteiger partial charge in [0.1, 0.15) is 0 Å². The first-order chi connectivity index (χ1) is 6.99. The van der Waals surface area contributed by atoms with Crippen LogP contribution in [0.1, 0.15) is 52.4 Å². The van der Waals surface area contributed by atoms with E-state index in [9.17, 15) is 5.11 Å². The summed E-state index contributed by atoms with van der Waals surface area (Å²) in [7, 11) is 1.77. The van der Waals surface area contributed by atoms with Gasteiger partial charge >= 0.3 is 0 Å². The molecule has 0 saturated heterocycles. The van der Waals surface area contributed by atoms with Crippen LogP contribution in [-0.4, -0.2) is 23.9 Å². The van der Waals surface area contributed by atoms with Crippen molar-refractivity contribution in [1.82, 2.24) is 0 Å². The fourth-order valence-corrected chi connectivity index (χ4v) is 2.81. The second kappa shape index (κ2) is 3.74. The quantitative estimate of drug-likeness (QED) is 0.779. The van der Waals surface area contributed by atoms with Crippen LogP contribution in [0.4, 0.5) is 0 Å². The minimum atomic E-state index is -0.226. The Labute approximate surface area is 93.0 Å². The molecule has 0 radical (unpaired) electrons. The number of rotatable bonds is 3. The molecule has 0 amide bonds. The molecule has 2 nitrogen and oxygen atoms in total. The van der Waals surface area contributed by atoms with Crippen molar-refractivity contribution in [3.63, 3.8) is 0 Å². The van der Waals surface area contributed by atoms with E-state index in [1.165, 1.54) is 25.7 Å². The predicted octanol–water partition coefficient (Wildman–Crippen LogP) is 2.74. The van der Waals surface area contributed by atoms with Gasteiger partial charge in [0.2, 0.25) is 0 Å². The van der Waals surface area contributed by atoms with Crippen LogP contribution in [0.25, 0.3) is 0 Å². The van der Waals surface area contributed by atoms with E-state index in [1.54, 1.807) is 7.11 Å². The van der Waals surface area contributed by atoms with Gasteiger partial charge in [0.05, 0.1) is 11.7 Å². The van der Waals surface area contributed by atoms with Crippen LogP contribution in [0, 0.1) is 11.3 Å². The van der Waals surface area contributed by atoms with E-state index >= 15 is 0 Å². The molecule has 88 valence electrons. The van der Waals surface area contributed by atoms with Crippen molar-refractivity contribution in [2.75, 3.05) is 7.11 Å². The Morgan fingerprint density at radius 1 is 1.13 bits per heavy atom. The van der Waals surface area contributed by atoms with Gasteiger partial charge in [0, 0.05) is 7.11 Å². The van der Waals surface area contributed by atoms with E-state index in [0.717, 1.165) is 12.8 Å². The highest BCUT2D eigenvalue weighted by atomic mass is 16.5. The maximum absolute atomic E-state index is 10.3. The molecule has 2 rings (SSSR count). The average Bonchev–Trinajstić information content (AvgIpc) is 3.01. The second-order valence-electron chi connectivity index (χ2n) is 6.22. The molecule has 2 saturated carbocycles. The van der Waals surface area contributed by atoms with Gasteiger partial charge in [-0.25, -0.2) is 0 Å². The minimum Gasteiger partial charge on any atom is -0.390 e. The van der Waals surface area contributed by atoms with Crippen LogP contribution >= 0.6 is 0 Å². The number of hydrogen-bond donors (Lipinski definition) is 1. The van der Waals surface area contributed by atoms with Gasteiger partial charge in [-0.1, -0.05) is 13.8 Å². The molecule has 2 fully saturated rings. The molecule has 0 aromatic carbocycles. The van der Waals surface area contributed by atoms with Crippen molar-refractivity contribution in [2.24, 2.45) is 11.3 Å². The molecule has 0 spiro atoms. The number of hydrogen-bond acceptors (Lipinski definition) is 2. The Kier molecular flexibility index (Phi) is 2.85. The monoisotopic (exact) mass is 212 g/mol. The predicted molar refractivity (Wildman–Crippen MR) is 60.7 cm³/mol. The van der Waals surface area contributed by atoms with E-state index in [4.69, 9.17) is 4.74 Å². The molecule has 0 aliphatic heterocycles. The van der Waals surface area contributed by atoms with E-state index in [1.807, 2.05) is 0 Å². The molecule has 0 heterocycles. The lowest BCUT2D eigenvalue weighted by atomic mass is 9.68. The summed E-state index contributed by atoms with van der Waals surface area (Å²) in [6, 6.07) is 0. The summed E-state index contributed by atoms with van der Waals surface area (Å²) < 4.78 is 5.69. The Hall–Kier alpha value is -0.0800. The number of methoxy groups -OCH3 is 1. The summed E-state index contributed by atoms with van der Waals surface area (Å²) in [6.07, 6.45) is 6.54. The lowest BCUT2D eigenvalue weighted by Gasteiger charge is -2.45. The fourth-order valence-electron chi connectivity index (χ4n) is 2.81. The number of aliphatic hydroxyl groups is 1. The van der Waals surface area contributed by atoms with Crippen molar-refractivity contribution in [1.29, 1.82) is 0 Å². The van der Waals surface area contributed by atoms with E-state index in [0.29, 0.717) is 11.3 Å². The molecule has 1 unspecified atom stereocenters. The molecule has 2 heteroatoms. The molecular formula is C13H24O2. The first kappa shape index (κ1) is 11.4. The van der Waals surface area contributed by atoms with Gasteiger partial charge in [-0.05, 0) is 49.9 Å². The van der Waals surface area contributed by atoms with Crippen molar-refractivity contribution in [3.05, 3.63) is 0 Å². The van der Waals surface area contributed by atoms with Gasteiger partial charge in [-0.15, -0.1) is 0 Å². The normalized spacial score (nSPS) is 31.2. The molecule has 0 aromatic heterocycles. The maximum atomic E-state index is 10.3. The average molecular weight is 212 g/mol. The van der Waals surface area contributed by atoms with Crippen molar-refractivity contribution >= 4 is 0 Å². The van der Waals surface area contributed by atoms with E-state index in [-0.39, 0.29) is 11.7 Å². The van der Waals surface area contributed by atoms with Crippen LogP contribution in [0.5, 0.6) is 0 Å². The Balaban J connectivity index is 2.03. The summed E-state index contributed by atoms with van der Waals surface area (Å²) in [5.74, 6) is 0.520. The smallest absolute Gasteiger partial charge is 0.0939 e. The Bertz CT molecular complexity index is 221. The molecule has 15 heavy (non-hydrogen) atoms. The lowest BCUT2D eigenvalue weighted by Crippen LogP contribution is -2.49. The summed E-state index contributed by atoms with van der Waals surface area (Å²) >= 11 is 0. The lowest BCUT2D eigenvalue weighted by molar-refractivity contribution is -0.142. The molecule has 0 bridgehead atoms. The van der Waals surface area contributed by atoms with Crippen molar-refractivity contribution < 1.29 is 9.84 Å². The van der Waals surface area contributed by atoms with Crippen molar-refractivity contribution in [2.45, 2.75) is 64.1 Å². The zero-order valence-electron chi connectivity index (χ0n) is 10.3. The van der Waals surface area contributed by atoms with Crippen LogP contribution in [0.3, 0.4) is 0 Å². The maximum Gasteiger partial charge on any atom is 0.0939 e. The van der Waals surface area contributed by atoms with Crippen LogP contribution < -0.4 is 0 Å². The number of aliphatic hydroxyl groups excluding tert-OH is 1. The highest BCUT2D eigenvalue weighted by Gasteiger charge is 2.49.